The predicted molar refractivity (Wildman–Crippen MR) is 99.1 cm³/mol. The summed E-state index contributed by atoms with van der Waals surface area (Å²) in [5, 5.41) is 1.15. The Labute approximate surface area is 147 Å². The van der Waals surface area contributed by atoms with Gasteiger partial charge >= 0.3 is 0 Å². The van der Waals surface area contributed by atoms with Gasteiger partial charge < -0.3 is 23.5 Å². The lowest BCUT2D eigenvalue weighted by Crippen LogP contribution is -2.31. The van der Waals surface area contributed by atoms with Crippen molar-refractivity contribution in [1.82, 2.24) is 14.0 Å². The lowest BCUT2D eigenvalue weighted by atomic mass is 10.2. The molecule has 6 nitrogen and oxygen atoms in total. The van der Waals surface area contributed by atoms with Crippen molar-refractivity contribution in [3.8, 4) is 0 Å². The van der Waals surface area contributed by atoms with Gasteiger partial charge in [0.2, 0.25) is 0 Å². The van der Waals surface area contributed by atoms with Crippen LogP contribution in [0.15, 0.2) is 30.3 Å². The zero-order valence-electron chi connectivity index (χ0n) is 15.3. The SMILES string of the molecule is COCCN(C)C(=O)c1cc2c(c3ccccc3n2C)n1CCOC. The van der Waals surface area contributed by atoms with Crippen LogP contribution in [0.25, 0.3) is 21.9 Å². The summed E-state index contributed by atoms with van der Waals surface area (Å²) in [4.78, 5) is 14.6. The third kappa shape index (κ3) is 3.03. The fourth-order valence-corrected chi connectivity index (χ4v) is 3.29. The van der Waals surface area contributed by atoms with E-state index in [2.05, 4.69) is 21.3 Å². The van der Waals surface area contributed by atoms with Crippen molar-refractivity contribution in [1.29, 1.82) is 0 Å². The molecule has 3 aromatic rings. The number of hydrogen-bond acceptors (Lipinski definition) is 3. The highest BCUT2D eigenvalue weighted by molar-refractivity contribution is 6.10. The Morgan fingerprint density at radius 1 is 1.12 bits per heavy atom. The molecule has 0 spiro atoms. The maximum Gasteiger partial charge on any atom is 0.270 e. The van der Waals surface area contributed by atoms with Crippen LogP contribution in [0.3, 0.4) is 0 Å². The molecule has 25 heavy (non-hydrogen) atoms. The van der Waals surface area contributed by atoms with E-state index in [1.165, 1.54) is 0 Å². The zero-order valence-corrected chi connectivity index (χ0v) is 15.3. The first-order valence-corrected chi connectivity index (χ1v) is 8.40. The third-order valence-electron chi connectivity index (χ3n) is 4.67. The van der Waals surface area contributed by atoms with Crippen LogP contribution in [0.1, 0.15) is 10.5 Å². The highest BCUT2D eigenvalue weighted by Crippen LogP contribution is 2.31. The second kappa shape index (κ2) is 7.29. The highest BCUT2D eigenvalue weighted by Gasteiger charge is 2.22. The van der Waals surface area contributed by atoms with E-state index in [4.69, 9.17) is 9.47 Å². The number of nitrogens with zero attached hydrogens (tertiary/aromatic N) is 3. The molecule has 0 unspecified atom stereocenters. The van der Waals surface area contributed by atoms with Gasteiger partial charge in [-0.2, -0.15) is 0 Å². The summed E-state index contributed by atoms with van der Waals surface area (Å²) in [7, 11) is 7.15. The fraction of sp³-hybridized carbons (Fsp3) is 0.421. The fourth-order valence-electron chi connectivity index (χ4n) is 3.29. The third-order valence-corrected chi connectivity index (χ3v) is 4.67. The molecule has 1 aromatic carbocycles. The number of methoxy groups -OCH3 is 2. The molecule has 0 fully saturated rings. The quantitative estimate of drug-likeness (QED) is 0.662. The highest BCUT2D eigenvalue weighted by atomic mass is 16.5. The number of aromatic nitrogens is 2. The minimum atomic E-state index is -0.00608. The molecule has 2 heterocycles. The van der Waals surface area contributed by atoms with E-state index in [0.717, 1.165) is 21.9 Å². The van der Waals surface area contributed by atoms with E-state index >= 15 is 0 Å². The molecule has 0 radical (unpaired) electrons. The normalized spacial score (nSPS) is 11.5. The topological polar surface area (TPSA) is 48.6 Å². The van der Waals surface area contributed by atoms with Crippen LogP contribution in [-0.2, 0) is 23.1 Å². The smallest absolute Gasteiger partial charge is 0.270 e. The van der Waals surface area contributed by atoms with E-state index in [1.54, 1.807) is 26.2 Å². The Balaban J connectivity index is 2.15. The number of carbonyl (C=O) groups excluding carboxylic acids is 1. The van der Waals surface area contributed by atoms with Gasteiger partial charge in [-0.15, -0.1) is 0 Å². The molecule has 0 saturated heterocycles. The van der Waals surface area contributed by atoms with Crippen molar-refractivity contribution in [2.45, 2.75) is 6.54 Å². The number of rotatable bonds is 7. The Morgan fingerprint density at radius 3 is 2.56 bits per heavy atom. The zero-order chi connectivity index (χ0) is 18.0. The standard InChI is InChI=1S/C19H25N3O3/c1-20(9-11-24-3)19(23)17-13-16-18(22(17)10-12-25-4)14-7-5-6-8-15(14)21(16)2/h5-8,13H,9-12H2,1-4H3. The maximum atomic E-state index is 12.9. The number of para-hydroxylation sites is 1. The van der Waals surface area contributed by atoms with Gasteiger partial charge in [-0.3, -0.25) is 4.79 Å². The van der Waals surface area contributed by atoms with Gasteiger partial charge in [0.1, 0.15) is 5.69 Å². The second-order valence-electron chi connectivity index (χ2n) is 6.20. The van der Waals surface area contributed by atoms with Gasteiger partial charge in [0.25, 0.3) is 5.91 Å². The maximum absolute atomic E-state index is 12.9. The van der Waals surface area contributed by atoms with Gasteiger partial charge in [-0.25, -0.2) is 0 Å². The van der Waals surface area contributed by atoms with Crippen molar-refractivity contribution < 1.29 is 14.3 Å². The minimum absolute atomic E-state index is 0.00608. The number of fused-ring (bicyclic) bond motifs is 3. The Hall–Kier alpha value is -2.31. The number of aryl methyl sites for hydroxylation is 1. The van der Waals surface area contributed by atoms with Crippen LogP contribution in [0.5, 0.6) is 0 Å². The average Bonchev–Trinajstić information content (AvgIpc) is 3.14. The number of hydrogen-bond donors (Lipinski definition) is 0. The van der Waals surface area contributed by atoms with Crippen molar-refractivity contribution >= 4 is 27.8 Å². The Bertz CT molecular complexity index is 894. The summed E-state index contributed by atoms with van der Waals surface area (Å²) in [6, 6.07) is 10.2. The van der Waals surface area contributed by atoms with E-state index in [1.807, 2.05) is 25.2 Å². The first-order chi connectivity index (χ1) is 12.1. The van der Waals surface area contributed by atoms with Crippen molar-refractivity contribution in [3.63, 3.8) is 0 Å². The molecule has 0 saturated carbocycles. The van der Waals surface area contributed by atoms with Crippen LogP contribution >= 0.6 is 0 Å². The number of amides is 1. The van der Waals surface area contributed by atoms with Crippen LogP contribution in [0.2, 0.25) is 0 Å². The molecule has 0 aliphatic heterocycles. The molecule has 3 rings (SSSR count). The Morgan fingerprint density at radius 2 is 1.84 bits per heavy atom. The van der Waals surface area contributed by atoms with Gasteiger partial charge in [-0.1, -0.05) is 18.2 Å². The van der Waals surface area contributed by atoms with Crippen molar-refractivity contribution in [2.75, 3.05) is 41.0 Å². The first kappa shape index (κ1) is 17.5. The van der Waals surface area contributed by atoms with E-state index in [0.29, 0.717) is 32.0 Å². The summed E-state index contributed by atoms with van der Waals surface area (Å²) >= 11 is 0. The summed E-state index contributed by atoms with van der Waals surface area (Å²) < 4.78 is 14.6. The molecule has 0 aliphatic rings. The minimum Gasteiger partial charge on any atom is -0.383 e. The summed E-state index contributed by atoms with van der Waals surface area (Å²) in [6.07, 6.45) is 0. The van der Waals surface area contributed by atoms with Gasteiger partial charge in [0, 0.05) is 46.8 Å². The lowest BCUT2D eigenvalue weighted by Gasteiger charge is -2.18. The molecule has 1 amide bonds. The molecule has 0 atom stereocenters. The van der Waals surface area contributed by atoms with Crippen molar-refractivity contribution in [2.24, 2.45) is 7.05 Å². The molecule has 6 heteroatoms. The van der Waals surface area contributed by atoms with Gasteiger partial charge in [-0.05, 0) is 12.1 Å². The largest absolute Gasteiger partial charge is 0.383 e. The molecule has 134 valence electrons. The van der Waals surface area contributed by atoms with Gasteiger partial charge in [0.15, 0.2) is 0 Å². The lowest BCUT2D eigenvalue weighted by molar-refractivity contribution is 0.0732. The average molecular weight is 343 g/mol. The van der Waals surface area contributed by atoms with Crippen LogP contribution in [-0.4, -0.2) is 61.0 Å². The molecular weight excluding hydrogens is 318 g/mol. The Kier molecular flexibility index (Phi) is 5.11. The van der Waals surface area contributed by atoms with E-state index in [-0.39, 0.29) is 5.91 Å². The monoisotopic (exact) mass is 343 g/mol. The van der Waals surface area contributed by atoms with Crippen LogP contribution in [0.4, 0.5) is 0 Å². The summed E-state index contributed by atoms with van der Waals surface area (Å²) in [5.74, 6) is -0.00608. The van der Waals surface area contributed by atoms with E-state index < -0.39 is 0 Å². The predicted octanol–water partition coefficient (Wildman–Crippen LogP) is 2.50. The number of carbonyl (C=O) groups is 1. The van der Waals surface area contributed by atoms with Crippen molar-refractivity contribution in [3.05, 3.63) is 36.0 Å². The molecular formula is C19H25N3O3. The molecule has 0 aliphatic carbocycles. The van der Waals surface area contributed by atoms with Gasteiger partial charge in [0.05, 0.1) is 29.8 Å². The number of likely N-dealkylation sites (N-methyl/N-ethyl adjacent to an activating group) is 1. The molecule has 0 bridgehead atoms. The van der Waals surface area contributed by atoms with E-state index in [9.17, 15) is 4.79 Å². The van der Waals surface area contributed by atoms with Crippen LogP contribution in [0, 0.1) is 0 Å². The number of ether oxygens (including phenoxy) is 2. The molecule has 2 aromatic heterocycles. The second-order valence-corrected chi connectivity index (χ2v) is 6.20. The summed E-state index contributed by atoms with van der Waals surface area (Å²) in [5.41, 5.74) is 3.98. The summed E-state index contributed by atoms with van der Waals surface area (Å²) in [6.45, 7) is 2.26. The molecule has 0 N–H and O–H groups in total. The number of benzene rings is 1. The first-order valence-electron chi connectivity index (χ1n) is 8.40. The van der Waals surface area contributed by atoms with Crippen LogP contribution < -0.4 is 0 Å².